The molecule has 2 aliphatic carbocycles. The number of rotatable bonds is 5. The first kappa shape index (κ1) is 24.0. The van der Waals surface area contributed by atoms with Gasteiger partial charge in [0.05, 0.1) is 0 Å². The summed E-state index contributed by atoms with van der Waals surface area (Å²) in [5.41, 5.74) is -0.489. The van der Waals surface area contributed by atoms with E-state index in [9.17, 15) is 24.0 Å². The van der Waals surface area contributed by atoms with Gasteiger partial charge < -0.3 is 14.2 Å². The van der Waals surface area contributed by atoms with Crippen LogP contribution in [0.1, 0.15) is 79.6 Å². The first-order valence-corrected chi connectivity index (χ1v) is 10.5. The molecule has 1 saturated heterocycles. The van der Waals surface area contributed by atoms with E-state index in [4.69, 9.17) is 14.2 Å². The standard InChI is InChI=1S/C11H14O5.C11H18O3/c1-11(2)15-9(13)7(10(14)16-11)8(12)6-4-3-5-6;1-11(2,3)14-10(13)7-9(12)8-5-4-6-8/h6-7H,3-5H2,1-2H3;8H,4-7H2,1-3H3. The Labute approximate surface area is 177 Å². The lowest BCUT2D eigenvalue weighted by Gasteiger charge is -2.34. The molecular weight excluding hydrogens is 392 g/mol. The van der Waals surface area contributed by atoms with E-state index in [1.165, 1.54) is 13.8 Å². The molecule has 0 aromatic heterocycles. The molecule has 0 bridgehead atoms. The van der Waals surface area contributed by atoms with E-state index in [1.54, 1.807) is 20.8 Å². The van der Waals surface area contributed by atoms with E-state index in [-0.39, 0.29) is 29.8 Å². The summed E-state index contributed by atoms with van der Waals surface area (Å²) < 4.78 is 14.9. The second-order valence-electron chi connectivity index (χ2n) is 9.56. The zero-order chi connectivity index (χ0) is 22.7. The first-order valence-electron chi connectivity index (χ1n) is 10.5. The van der Waals surface area contributed by atoms with Gasteiger partial charge in [-0.15, -0.1) is 0 Å². The molecule has 1 heterocycles. The molecule has 0 spiro atoms. The Hall–Kier alpha value is -2.25. The van der Waals surface area contributed by atoms with Gasteiger partial charge in [0, 0.05) is 25.7 Å². The van der Waals surface area contributed by atoms with Crippen LogP contribution in [0.4, 0.5) is 0 Å². The van der Waals surface area contributed by atoms with E-state index >= 15 is 0 Å². The van der Waals surface area contributed by atoms with Gasteiger partial charge in [0.1, 0.15) is 17.8 Å². The molecule has 30 heavy (non-hydrogen) atoms. The quantitative estimate of drug-likeness (QED) is 0.489. The highest BCUT2D eigenvalue weighted by Gasteiger charge is 2.49. The minimum Gasteiger partial charge on any atom is -0.460 e. The Balaban J connectivity index is 0.000000216. The van der Waals surface area contributed by atoms with Crippen LogP contribution in [0.25, 0.3) is 0 Å². The van der Waals surface area contributed by atoms with E-state index in [0.29, 0.717) is 0 Å². The zero-order valence-corrected chi connectivity index (χ0v) is 18.4. The van der Waals surface area contributed by atoms with Gasteiger partial charge in [-0.25, -0.2) is 0 Å². The smallest absolute Gasteiger partial charge is 0.331 e. The minimum atomic E-state index is -1.36. The van der Waals surface area contributed by atoms with Crippen molar-refractivity contribution in [2.75, 3.05) is 0 Å². The molecule has 0 amide bonds. The molecule has 0 atom stereocenters. The molecule has 1 aliphatic heterocycles. The largest absolute Gasteiger partial charge is 0.460 e. The molecule has 3 aliphatic rings. The first-order chi connectivity index (χ1) is 13.8. The van der Waals surface area contributed by atoms with Crippen LogP contribution in [0, 0.1) is 17.8 Å². The Bertz CT molecular complexity index is 687. The molecule has 0 aromatic carbocycles. The van der Waals surface area contributed by atoms with Crippen molar-refractivity contribution in [3.05, 3.63) is 0 Å². The van der Waals surface area contributed by atoms with Crippen LogP contribution in [0.15, 0.2) is 0 Å². The maximum atomic E-state index is 11.8. The Morgan fingerprint density at radius 1 is 0.933 bits per heavy atom. The third-order valence-corrected chi connectivity index (χ3v) is 5.26. The average Bonchev–Trinajstić information content (AvgIpc) is 2.38. The van der Waals surface area contributed by atoms with Gasteiger partial charge >= 0.3 is 17.9 Å². The molecular formula is C22H32O8. The van der Waals surface area contributed by atoms with Crippen molar-refractivity contribution in [3.8, 4) is 0 Å². The molecule has 168 valence electrons. The zero-order valence-electron chi connectivity index (χ0n) is 18.4. The van der Waals surface area contributed by atoms with Crippen LogP contribution in [0.5, 0.6) is 0 Å². The normalized spacial score (nSPS) is 21.8. The lowest BCUT2D eigenvalue weighted by molar-refractivity contribution is -0.238. The fourth-order valence-electron chi connectivity index (χ4n) is 3.27. The molecule has 0 N–H and O–H groups in total. The molecule has 0 aromatic rings. The number of ether oxygens (including phenoxy) is 3. The highest BCUT2D eigenvalue weighted by molar-refractivity contribution is 6.16. The maximum Gasteiger partial charge on any atom is 0.331 e. The number of carbonyl (C=O) groups excluding carboxylic acids is 5. The maximum absolute atomic E-state index is 11.8. The van der Waals surface area contributed by atoms with Gasteiger partial charge in [0.25, 0.3) is 5.79 Å². The fraction of sp³-hybridized carbons (Fsp3) is 0.773. The highest BCUT2D eigenvalue weighted by atomic mass is 16.7. The minimum absolute atomic E-state index is 0.0468. The molecule has 2 saturated carbocycles. The van der Waals surface area contributed by atoms with E-state index in [2.05, 4.69) is 0 Å². The SMILES string of the molecule is CC(C)(C)OC(=O)CC(=O)C1CCC1.CC1(C)OC(=O)C(C(=O)C2CCC2)C(=O)O1. The Morgan fingerprint density at radius 2 is 1.40 bits per heavy atom. The number of esters is 3. The van der Waals surface area contributed by atoms with Gasteiger partial charge in [-0.05, 0) is 46.5 Å². The predicted molar refractivity (Wildman–Crippen MR) is 105 cm³/mol. The number of Topliss-reactive ketones (excluding diaryl/α,β-unsaturated/α-hetero) is 2. The van der Waals surface area contributed by atoms with E-state index < -0.39 is 35.2 Å². The number of carbonyl (C=O) groups is 5. The van der Waals surface area contributed by atoms with Gasteiger partial charge in [-0.1, -0.05) is 12.8 Å². The summed E-state index contributed by atoms with van der Waals surface area (Å²) in [6.45, 7) is 8.34. The topological polar surface area (TPSA) is 113 Å². The lowest BCUT2D eigenvalue weighted by Crippen LogP contribution is -2.50. The molecule has 0 unspecified atom stereocenters. The van der Waals surface area contributed by atoms with Crippen LogP contribution in [0.2, 0.25) is 0 Å². The van der Waals surface area contributed by atoms with Crippen molar-refractivity contribution in [2.45, 2.75) is 91.0 Å². The van der Waals surface area contributed by atoms with Crippen molar-refractivity contribution in [1.82, 2.24) is 0 Å². The Kier molecular flexibility index (Phi) is 7.42. The predicted octanol–water partition coefficient (Wildman–Crippen LogP) is 2.90. The third-order valence-electron chi connectivity index (χ3n) is 5.26. The summed E-state index contributed by atoms with van der Waals surface area (Å²) in [6, 6.07) is 0. The molecule has 8 heteroatoms. The summed E-state index contributed by atoms with van der Waals surface area (Å²) >= 11 is 0. The van der Waals surface area contributed by atoms with E-state index in [0.717, 1.165) is 38.5 Å². The third kappa shape index (κ3) is 6.64. The summed E-state index contributed by atoms with van der Waals surface area (Å²) in [4.78, 5) is 57.6. The fourth-order valence-corrected chi connectivity index (χ4v) is 3.27. The monoisotopic (exact) mass is 424 g/mol. The van der Waals surface area contributed by atoms with Gasteiger partial charge in [-0.3, -0.25) is 24.0 Å². The second kappa shape index (κ2) is 9.27. The molecule has 0 radical (unpaired) electrons. The van der Waals surface area contributed by atoms with Crippen molar-refractivity contribution in [1.29, 1.82) is 0 Å². The summed E-state index contributed by atoms with van der Waals surface area (Å²) in [5, 5.41) is 0. The molecule has 3 fully saturated rings. The van der Waals surface area contributed by atoms with Gasteiger partial charge in [0.2, 0.25) is 5.92 Å². The van der Waals surface area contributed by atoms with Crippen LogP contribution < -0.4 is 0 Å². The van der Waals surface area contributed by atoms with Crippen molar-refractivity contribution >= 4 is 29.5 Å². The van der Waals surface area contributed by atoms with Crippen LogP contribution >= 0.6 is 0 Å². The summed E-state index contributed by atoms with van der Waals surface area (Å²) in [5.74, 6) is -4.93. The van der Waals surface area contributed by atoms with Gasteiger partial charge in [0.15, 0.2) is 5.78 Å². The van der Waals surface area contributed by atoms with Crippen LogP contribution in [-0.4, -0.2) is 40.9 Å². The van der Waals surface area contributed by atoms with Crippen LogP contribution in [-0.2, 0) is 38.2 Å². The summed E-state index contributed by atoms with van der Waals surface area (Å²) in [6.07, 6.45) is 5.42. The van der Waals surface area contributed by atoms with Crippen molar-refractivity contribution < 1.29 is 38.2 Å². The average molecular weight is 424 g/mol. The molecule has 8 nitrogen and oxygen atoms in total. The van der Waals surface area contributed by atoms with Crippen LogP contribution in [0.3, 0.4) is 0 Å². The second-order valence-corrected chi connectivity index (χ2v) is 9.56. The number of ketones is 2. The molecule has 3 rings (SSSR count). The summed E-state index contributed by atoms with van der Waals surface area (Å²) in [7, 11) is 0. The van der Waals surface area contributed by atoms with Crippen molar-refractivity contribution in [2.24, 2.45) is 17.8 Å². The van der Waals surface area contributed by atoms with Crippen molar-refractivity contribution in [3.63, 3.8) is 0 Å². The highest BCUT2D eigenvalue weighted by Crippen LogP contribution is 2.33. The van der Waals surface area contributed by atoms with E-state index in [1.807, 2.05) is 0 Å². The number of hydrogen-bond donors (Lipinski definition) is 0. The van der Waals surface area contributed by atoms with Gasteiger partial charge in [-0.2, -0.15) is 0 Å². The number of hydrogen-bond acceptors (Lipinski definition) is 8. The number of cyclic esters (lactones) is 2. The lowest BCUT2D eigenvalue weighted by atomic mass is 9.77. The Morgan fingerprint density at radius 3 is 1.77 bits per heavy atom.